The van der Waals surface area contributed by atoms with Gasteiger partial charge in [-0.05, 0) is 37.1 Å². The van der Waals surface area contributed by atoms with E-state index in [-0.39, 0.29) is 17.7 Å². The largest absolute Gasteiger partial charge is 0.508 e. The lowest BCUT2D eigenvalue weighted by molar-refractivity contribution is -0.128. The van der Waals surface area contributed by atoms with Crippen LogP contribution < -0.4 is 16.4 Å². The van der Waals surface area contributed by atoms with Crippen LogP contribution in [0.15, 0.2) is 24.3 Å². The summed E-state index contributed by atoms with van der Waals surface area (Å²) in [6, 6.07) is 5.49. The second kappa shape index (κ2) is 6.38. The summed E-state index contributed by atoms with van der Waals surface area (Å²) in [5.41, 5.74) is 6.16. The van der Waals surface area contributed by atoms with Crippen LogP contribution in [0.3, 0.4) is 0 Å². The molecule has 5 N–H and O–H groups in total. The third kappa shape index (κ3) is 3.71. The second-order valence-corrected chi connectivity index (χ2v) is 4.98. The number of carbonyl (C=O) groups excluding carboxylic acids is 2. The zero-order valence-corrected chi connectivity index (χ0v) is 11.1. The summed E-state index contributed by atoms with van der Waals surface area (Å²) in [7, 11) is 0. The SMILES string of the molecule is NC(=O)[C@H](Cc1ccc(O)cc1)NC(=O)[C@@H]1CCCN1. The predicted octanol–water partition coefficient (Wildman–Crippen LogP) is -0.343. The van der Waals surface area contributed by atoms with Crippen molar-refractivity contribution in [3.05, 3.63) is 29.8 Å². The highest BCUT2D eigenvalue weighted by Gasteiger charge is 2.26. The van der Waals surface area contributed by atoms with Crippen molar-refractivity contribution in [2.45, 2.75) is 31.3 Å². The van der Waals surface area contributed by atoms with Gasteiger partial charge in [0.05, 0.1) is 6.04 Å². The third-order valence-electron chi connectivity index (χ3n) is 3.41. The Morgan fingerprint density at radius 1 is 1.40 bits per heavy atom. The van der Waals surface area contributed by atoms with Crippen molar-refractivity contribution >= 4 is 11.8 Å². The molecular formula is C14H19N3O3. The molecule has 1 aliphatic rings. The third-order valence-corrected chi connectivity index (χ3v) is 3.41. The fourth-order valence-electron chi connectivity index (χ4n) is 2.27. The van der Waals surface area contributed by atoms with E-state index in [1.54, 1.807) is 12.1 Å². The Morgan fingerprint density at radius 2 is 2.10 bits per heavy atom. The van der Waals surface area contributed by atoms with Crippen molar-refractivity contribution in [1.29, 1.82) is 0 Å². The van der Waals surface area contributed by atoms with Gasteiger partial charge < -0.3 is 21.5 Å². The molecule has 2 atom stereocenters. The monoisotopic (exact) mass is 277 g/mol. The molecule has 1 aromatic rings. The molecule has 0 unspecified atom stereocenters. The van der Waals surface area contributed by atoms with E-state index >= 15 is 0 Å². The highest BCUT2D eigenvalue weighted by molar-refractivity contribution is 5.89. The van der Waals surface area contributed by atoms with Crippen molar-refractivity contribution in [2.24, 2.45) is 5.73 Å². The molecule has 0 saturated carbocycles. The summed E-state index contributed by atoms with van der Waals surface area (Å²) in [4.78, 5) is 23.4. The maximum atomic E-state index is 12.0. The molecule has 0 radical (unpaired) electrons. The van der Waals surface area contributed by atoms with Gasteiger partial charge in [0.1, 0.15) is 11.8 Å². The summed E-state index contributed by atoms with van der Waals surface area (Å²) >= 11 is 0. The topological polar surface area (TPSA) is 104 Å². The van der Waals surface area contributed by atoms with Crippen molar-refractivity contribution in [2.75, 3.05) is 6.54 Å². The first-order valence-electron chi connectivity index (χ1n) is 6.67. The lowest BCUT2D eigenvalue weighted by atomic mass is 10.0. The lowest BCUT2D eigenvalue weighted by Gasteiger charge is -2.18. The van der Waals surface area contributed by atoms with E-state index in [0.29, 0.717) is 6.42 Å². The van der Waals surface area contributed by atoms with Gasteiger partial charge in [-0.25, -0.2) is 0 Å². The van der Waals surface area contributed by atoms with Gasteiger partial charge in [-0.15, -0.1) is 0 Å². The van der Waals surface area contributed by atoms with E-state index in [9.17, 15) is 14.7 Å². The number of hydrogen-bond acceptors (Lipinski definition) is 4. The average molecular weight is 277 g/mol. The standard InChI is InChI=1S/C14H19N3O3/c15-13(19)12(8-9-3-5-10(18)6-4-9)17-14(20)11-2-1-7-16-11/h3-6,11-12,16,18H,1-2,7-8H2,(H2,15,19)(H,17,20)/t11-,12-/m0/s1. The van der Waals surface area contributed by atoms with Crippen molar-refractivity contribution in [3.8, 4) is 5.75 Å². The van der Waals surface area contributed by atoms with Crippen molar-refractivity contribution < 1.29 is 14.7 Å². The molecule has 1 heterocycles. The zero-order valence-electron chi connectivity index (χ0n) is 11.1. The Labute approximate surface area is 117 Å². The number of nitrogens with two attached hydrogens (primary N) is 1. The maximum absolute atomic E-state index is 12.0. The average Bonchev–Trinajstić information content (AvgIpc) is 2.94. The number of phenols is 1. The number of carbonyl (C=O) groups is 2. The Hall–Kier alpha value is -2.08. The van der Waals surface area contributed by atoms with Crippen LogP contribution in [-0.2, 0) is 16.0 Å². The Bertz CT molecular complexity index is 481. The fraction of sp³-hybridized carbons (Fsp3) is 0.429. The van der Waals surface area contributed by atoms with Gasteiger partial charge in [0.2, 0.25) is 11.8 Å². The molecule has 6 heteroatoms. The molecule has 2 rings (SSSR count). The minimum Gasteiger partial charge on any atom is -0.508 e. The summed E-state index contributed by atoms with van der Waals surface area (Å²) in [6.45, 7) is 0.817. The van der Waals surface area contributed by atoms with Gasteiger partial charge in [0.25, 0.3) is 0 Å². The van der Waals surface area contributed by atoms with E-state index in [4.69, 9.17) is 5.73 Å². The molecule has 6 nitrogen and oxygen atoms in total. The fourth-order valence-corrected chi connectivity index (χ4v) is 2.27. The maximum Gasteiger partial charge on any atom is 0.240 e. The van der Waals surface area contributed by atoms with E-state index in [1.165, 1.54) is 12.1 Å². The molecule has 20 heavy (non-hydrogen) atoms. The van der Waals surface area contributed by atoms with Crippen LogP contribution in [0.5, 0.6) is 5.75 Å². The molecule has 1 aromatic carbocycles. The number of primary amides is 1. The Balaban J connectivity index is 1.98. The van der Waals surface area contributed by atoms with Crippen LogP contribution >= 0.6 is 0 Å². The molecule has 0 aliphatic carbocycles. The molecule has 1 fully saturated rings. The number of rotatable bonds is 5. The number of aromatic hydroxyl groups is 1. The molecule has 1 saturated heterocycles. The molecule has 0 aromatic heterocycles. The summed E-state index contributed by atoms with van der Waals surface area (Å²) < 4.78 is 0. The van der Waals surface area contributed by atoms with Crippen LogP contribution in [0, 0.1) is 0 Å². The van der Waals surface area contributed by atoms with Crippen molar-refractivity contribution in [3.63, 3.8) is 0 Å². The summed E-state index contributed by atoms with van der Waals surface area (Å²) in [5.74, 6) is -0.599. The van der Waals surface area contributed by atoms with E-state index < -0.39 is 11.9 Å². The van der Waals surface area contributed by atoms with Crippen LogP contribution in [-0.4, -0.2) is 35.5 Å². The van der Waals surface area contributed by atoms with Crippen LogP contribution in [0.25, 0.3) is 0 Å². The zero-order chi connectivity index (χ0) is 14.5. The van der Waals surface area contributed by atoms with Crippen LogP contribution in [0.1, 0.15) is 18.4 Å². The van der Waals surface area contributed by atoms with Crippen LogP contribution in [0.2, 0.25) is 0 Å². The normalized spacial score (nSPS) is 19.5. The van der Waals surface area contributed by atoms with Gasteiger partial charge >= 0.3 is 0 Å². The Morgan fingerprint density at radius 3 is 2.65 bits per heavy atom. The first-order chi connectivity index (χ1) is 9.56. The number of benzene rings is 1. The van der Waals surface area contributed by atoms with Gasteiger partial charge in [0, 0.05) is 6.42 Å². The van der Waals surface area contributed by atoms with Gasteiger partial charge in [-0.2, -0.15) is 0 Å². The van der Waals surface area contributed by atoms with E-state index in [2.05, 4.69) is 10.6 Å². The summed E-state index contributed by atoms with van der Waals surface area (Å²) in [6.07, 6.45) is 2.04. The number of hydrogen-bond donors (Lipinski definition) is 4. The second-order valence-electron chi connectivity index (χ2n) is 4.98. The molecule has 0 bridgehead atoms. The molecule has 1 aliphatic heterocycles. The van der Waals surface area contributed by atoms with Crippen molar-refractivity contribution in [1.82, 2.24) is 10.6 Å². The Kier molecular flexibility index (Phi) is 4.57. The lowest BCUT2D eigenvalue weighted by Crippen LogP contribution is -2.51. The summed E-state index contributed by atoms with van der Waals surface area (Å²) in [5, 5.41) is 15.0. The van der Waals surface area contributed by atoms with Gasteiger partial charge in [-0.3, -0.25) is 9.59 Å². The van der Waals surface area contributed by atoms with Crippen LogP contribution in [0.4, 0.5) is 0 Å². The molecule has 108 valence electrons. The molecular weight excluding hydrogens is 258 g/mol. The van der Waals surface area contributed by atoms with E-state index in [1.807, 2.05) is 0 Å². The number of phenolic OH excluding ortho intramolecular Hbond substituents is 1. The number of nitrogens with one attached hydrogen (secondary N) is 2. The number of amides is 2. The first-order valence-corrected chi connectivity index (χ1v) is 6.67. The minimum atomic E-state index is -0.741. The molecule has 2 amide bonds. The van der Waals surface area contributed by atoms with Gasteiger partial charge in [0.15, 0.2) is 0 Å². The highest BCUT2D eigenvalue weighted by atomic mass is 16.3. The van der Waals surface area contributed by atoms with E-state index in [0.717, 1.165) is 24.9 Å². The molecule has 0 spiro atoms. The van der Waals surface area contributed by atoms with Gasteiger partial charge in [-0.1, -0.05) is 12.1 Å². The first kappa shape index (κ1) is 14.3. The smallest absolute Gasteiger partial charge is 0.240 e. The quantitative estimate of drug-likeness (QED) is 0.591. The highest BCUT2D eigenvalue weighted by Crippen LogP contribution is 2.12. The minimum absolute atomic E-state index is 0.156. The predicted molar refractivity (Wildman–Crippen MR) is 74.0 cm³/mol.